The maximum atomic E-state index is 6.02. The van der Waals surface area contributed by atoms with Crippen molar-refractivity contribution < 1.29 is 4.52 Å². The minimum absolute atomic E-state index is 0.515. The Morgan fingerprint density at radius 1 is 1.25 bits per heavy atom. The van der Waals surface area contributed by atoms with E-state index >= 15 is 0 Å². The van der Waals surface area contributed by atoms with E-state index in [4.69, 9.17) is 10.3 Å². The van der Waals surface area contributed by atoms with Gasteiger partial charge in [-0.25, -0.2) is 0 Å². The molecule has 3 nitrogen and oxygen atoms in total. The van der Waals surface area contributed by atoms with Crippen molar-refractivity contribution in [2.75, 3.05) is 5.73 Å². The first kappa shape index (κ1) is 13.2. The Labute approximate surface area is 120 Å². The molecule has 0 saturated heterocycles. The zero-order valence-corrected chi connectivity index (χ0v) is 12.1. The summed E-state index contributed by atoms with van der Waals surface area (Å²) >= 11 is 0. The molecule has 1 saturated carbocycles. The van der Waals surface area contributed by atoms with Crippen LogP contribution in [0.25, 0.3) is 11.1 Å². The molecule has 3 heteroatoms. The predicted octanol–water partition coefficient (Wildman–Crippen LogP) is 4.36. The first-order valence-corrected chi connectivity index (χ1v) is 7.55. The minimum Gasteiger partial charge on any atom is -0.380 e. The third-order valence-electron chi connectivity index (χ3n) is 4.29. The van der Waals surface area contributed by atoms with E-state index in [0.717, 1.165) is 29.2 Å². The van der Waals surface area contributed by atoms with Gasteiger partial charge in [0.05, 0.1) is 5.56 Å². The van der Waals surface area contributed by atoms with Crippen LogP contribution >= 0.6 is 0 Å². The first-order chi connectivity index (χ1) is 9.74. The molecule has 106 valence electrons. The number of hydrogen-bond donors (Lipinski definition) is 1. The molecule has 2 N–H and O–H groups in total. The molecule has 0 spiro atoms. The van der Waals surface area contributed by atoms with Crippen LogP contribution in [0, 0.1) is 12.8 Å². The van der Waals surface area contributed by atoms with Crippen molar-refractivity contribution in [3.63, 3.8) is 0 Å². The van der Waals surface area contributed by atoms with E-state index in [2.05, 4.69) is 36.3 Å². The van der Waals surface area contributed by atoms with E-state index in [1.165, 1.54) is 37.7 Å². The fraction of sp³-hybridized carbons (Fsp3) is 0.471. The van der Waals surface area contributed by atoms with Gasteiger partial charge >= 0.3 is 0 Å². The summed E-state index contributed by atoms with van der Waals surface area (Å²) < 4.78 is 5.52. The van der Waals surface area contributed by atoms with E-state index in [9.17, 15) is 0 Å². The van der Waals surface area contributed by atoms with Crippen molar-refractivity contribution in [3.05, 3.63) is 35.6 Å². The van der Waals surface area contributed by atoms with Crippen LogP contribution in [0.4, 0.5) is 5.82 Å². The molecule has 1 fully saturated rings. The molecule has 1 aliphatic carbocycles. The summed E-state index contributed by atoms with van der Waals surface area (Å²) in [6, 6.07) is 8.38. The Morgan fingerprint density at radius 3 is 2.80 bits per heavy atom. The van der Waals surface area contributed by atoms with Crippen molar-refractivity contribution in [3.8, 4) is 11.1 Å². The molecule has 0 unspecified atom stereocenters. The Kier molecular flexibility index (Phi) is 3.77. The summed E-state index contributed by atoms with van der Waals surface area (Å²) in [5.74, 6) is 2.20. The van der Waals surface area contributed by atoms with Gasteiger partial charge in [0.25, 0.3) is 0 Å². The standard InChI is InChI=1S/C17H22N2O/c1-12-6-5-9-14(10-12)16-15(20-19-17(16)18)11-13-7-3-2-4-8-13/h5-6,9-10,13H,2-4,7-8,11H2,1H3,(H2,18,19). The van der Waals surface area contributed by atoms with Crippen LogP contribution in [0.1, 0.15) is 43.4 Å². The van der Waals surface area contributed by atoms with E-state index in [0.29, 0.717) is 5.82 Å². The fourth-order valence-corrected chi connectivity index (χ4v) is 3.24. The number of nitrogens with two attached hydrogens (primary N) is 1. The van der Waals surface area contributed by atoms with Crippen molar-refractivity contribution in [1.82, 2.24) is 5.16 Å². The zero-order chi connectivity index (χ0) is 13.9. The van der Waals surface area contributed by atoms with Crippen molar-refractivity contribution >= 4 is 5.82 Å². The summed E-state index contributed by atoms with van der Waals surface area (Å²) in [4.78, 5) is 0. The number of rotatable bonds is 3. The molecule has 0 radical (unpaired) electrons. The molecule has 20 heavy (non-hydrogen) atoms. The Bertz CT molecular complexity index is 582. The van der Waals surface area contributed by atoms with Crippen LogP contribution in [0.2, 0.25) is 0 Å². The van der Waals surface area contributed by atoms with Gasteiger partial charge in [-0.15, -0.1) is 0 Å². The average molecular weight is 270 g/mol. The first-order valence-electron chi connectivity index (χ1n) is 7.55. The molecule has 0 amide bonds. The van der Waals surface area contributed by atoms with Gasteiger partial charge in [-0.3, -0.25) is 0 Å². The number of hydrogen-bond acceptors (Lipinski definition) is 3. The summed E-state index contributed by atoms with van der Waals surface area (Å²) in [5, 5.41) is 3.99. The molecule has 0 bridgehead atoms. The second-order valence-electron chi connectivity index (χ2n) is 5.94. The summed E-state index contributed by atoms with van der Waals surface area (Å²) in [7, 11) is 0. The van der Waals surface area contributed by atoms with Crippen LogP contribution < -0.4 is 5.73 Å². The smallest absolute Gasteiger partial charge is 0.175 e. The topological polar surface area (TPSA) is 52.0 Å². The lowest BCUT2D eigenvalue weighted by molar-refractivity contribution is 0.311. The molecule has 0 aliphatic heterocycles. The number of anilines is 1. The van der Waals surface area contributed by atoms with Crippen LogP contribution in [-0.2, 0) is 6.42 Å². The molecular weight excluding hydrogens is 248 g/mol. The molecular formula is C17H22N2O. The summed E-state index contributed by atoms with van der Waals surface area (Å²) in [5.41, 5.74) is 9.37. The van der Waals surface area contributed by atoms with Crippen LogP contribution in [0.5, 0.6) is 0 Å². The molecule has 1 aromatic carbocycles. The van der Waals surface area contributed by atoms with Gasteiger partial charge in [-0.05, 0) is 18.4 Å². The third-order valence-corrected chi connectivity index (χ3v) is 4.29. The minimum atomic E-state index is 0.515. The summed E-state index contributed by atoms with van der Waals surface area (Å²) in [6.45, 7) is 2.09. The van der Waals surface area contributed by atoms with Gasteiger partial charge in [-0.1, -0.05) is 67.1 Å². The van der Waals surface area contributed by atoms with E-state index in [1.807, 2.05) is 0 Å². The Balaban J connectivity index is 1.89. The van der Waals surface area contributed by atoms with E-state index < -0.39 is 0 Å². The van der Waals surface area contributed by atoms with Gasteiger partial charge in [0.15, 0.2) is 5.82 Å². The highest BCUT2D eigenvalue weighted by Gasteiger charge is 2.21. The van der Waals surface area contributed by atoms with E-state index in [-0.39, 0.29) is 0 Å². The molecule has 3 rings (SSSR count). The van der Waals surface area contributed by atoms with Crippen molar-refractivity contribution in [1.29, 1.82) is 0 Å². The van der Waals surface area contributed by atoms with Crippen molar-refractivity contribution in [2.45, 2.75) is 45.4 Å². The van der Waals surface area contributed by atoms with Crippen molar-refractivity contribution in [2.24, 2.45) is 5.92 Å². The normalized spacial score (nSPS) is 16.4. The van der Waals surface area contributed by atoms with Gasteiger partial charge in [-0.2, -0.15) is 0 Å². The number of nitrogens with zero attached hydrogens (tertiary/aromatic N) is 1. The van der Waals surface area contributed by atoms with Crippen LogP contribution in [-0.4, -0.2) is 5.16 Å². The second kappa shape index (κ2) is 5.70. The van der Waals surface area contributed by atoms with Gasteiger partial charge in [0, 0.05) is 6.42 Å². The fourth-order valence-electron chi connectivity index (χ4n) is 3.24. The lowest BCUT2D eigenvalue weighted by atomic mass is 9.85. The van der Waals surface area contributed by atoms with Gasteiger partial charge in [0.2, 0.25) is 0 Å². The summed E-state index contributed by atoms with van der Waals surface area (Å²) in [6.07, 6.45) is 7.62. The molecule has 1 heterocycles. The average Bonchev–Trinajstić information content (AvgIpc) is 2.81. The molecule has 0 atom stereocenters. The highest BCUT2D eigenvalue weighted by Crippen LogP contribution is 2.34. The quantitative estimate of drug-likeness (QED) is 0.901. The highest BCUT2D eigenvalue weighted by atomic mass is 16.5. The lowest BCUT2D eigenvalue weighted by Gasteiger charge is -2.20. The molecule has 1 aliphatic rings. The third kappa shape index (κ3) is 2.72. The maximum Gasteiger partial charge on any atom is 0.175 e. The van der Waals surface area contributed by atoms with E-state index in [1.54, 1.807) is 0 Å². The second-order valence-corrected chi connectivity index (χ2v) is 5.94. The van der Waals surface area contributed by atoms with Crippen LogP contribution in [0.3, 0.4) is 0 Å². The lowest BCUT2D eigenvalue weighted by Crippen LogP contribution is -2.09. The molecule has 1 aromatic heterocycles. The SMILES string of the molecule is Cc1cccc(-c2c(N)noc2CC2CCCCC2)c1. The Morgan fingerprint density at radius 2 is 2.05 bits per heavy atom. The van der Waals surface area contributed by atoms with Gasteiger partial charge < -0.3 is 10.3 Å². The van der Waals surface area contributed by atoms with Gasteiger partial charge in [0.1, 0.15) is 5.76 Å². The Hall–Kier alpha value is -1.77. The zero-order valence-electron chi connectivity index (χ0n) is 12.1. The number of aromatic nitrogens is 1. The highest BCUT2D eigenvalue weighted by molar-refractivity contribution is 5.75. The number of nitrogen functional groups attached to an aromatic ring is 1. The molecule has 2 aromatic rings. The monoisotopic (exact) mass is 270 g/mol. The maximum absolute atomic E-state index is 6.02. The van der Waals surface area contributed by atoms with Crippen LogP contribution in [0.15, 0.2) is 28.8 Å². The number of benzene rings is 1. The predicted molar refractivity (Wildman–Crippen MR) is 81.4 cm³/mol. The number of aryl methyl sites for hydroxylation is 1. The largest absolute Gasteiger partial charge is 0.380 e.